The van der Waals surface area contributed by atoms with Crippen molar-refractivity contribution < 1.29 is 19.4 Å². The molecule has 1 unspecified atom stereocenters. The summed E-state index contributed by atoms with van der Waals surface area (Å²) >= 11 is 0. The number of rotatable bonds is 4. The quantitative estimate of drug-likeness (QED) is 0.828. The molecule has 114 valence electrons. The van der Waals surface area contributed by atoms with Gasteiger partial charge in [-0.25, -0.2) is 4.79 Å². The number of hydrogen-bond donors (Lipinski definition) is 2. The summed E-state index contributed by atoms with van der Waals surface area (Å²) in [6, 6.07) is 0. The molecule has 1 saturated carbocycles. The fraction of sp³-hybridized carbons (Fsp3) is 0.867. The summed E-state index contributed by atoms with van der Waals surface area (Å²) in [6.45, 7) is 4.45. The molecule has 2 rings (SSSR count). The fourth-order valence-corrected chi connectivity index (χ4v) is 3.28. The van der Waals surface area contributed by atoms with Gasteiger partial charge in [-0.15, -0.1) is 0 Å². The number of carbonyl (C=O) groups is 2. The predicted octanol–water partition coefficient (Wildman–Crippen LogP) is 2.10. The Labute approximate surface area is 120 Å². The zero-order valence-electron chi connectivity index (χ0n) is 12.4. The average molecular weight is 283 g/mol. The highest BCUT2D eigenvalue weighted by molar-refractivity contribution is 5.91. The van der Waals surface area contributed by atoms with Crippen LogP contribution in [0.4, 0.5) is 0 Å². The first-order valence-corrected chi connectivity index (χ1v) is 7.62. The maximum Gasteiger partial charge on any atom is 0.329 e. The smallest absolute Gasteiger partial charge is 0.329 e. The number of ether oxygens (including phenoxy) is 1. The fourth-order valence-electron chi connectivity index (χ4n) is 3.28. The molecule has 5 nitrogen and oxygen atoms in total. The van der Waals surface area contributed by atoms with Gasteiger partial charge in [0.1, 0.15) is 11.1 Å². The molecule has 20 heavy (non-hydrogen) atoms. The van der Waals surface area contributed by atoms with Crippen LogP contribution in [0.3, 0.4) is 0 Å². The van der Waals surface area contributed by atoms with Gasteiger partial charge in [-0.1, -0.05) is 13.3 Å². The lowest BCUT2D eigenvalue weighted by atomic mass is 9.75. The second kappa shape index (κ2) is 5.72. The van der Waals surface area contributed by atoms with Gasteiger partial charge < -0.3 is 15.2 Å². The van der Waals surface area contributed by atoms with Crippen molar-refractivity contribution in [3.63, 3.8) is 0 Å². The van der Waals surface area contributed by atoms with Crippen molar-refractivity contribution in [3.05, 3.63) is 0 Å². The van der Waals surface area contributed by atoms with Crippen molar-refractivity contribution in [2.45, 2.75) is 69.9 Å². The second-order valence-electron chi connectivity index (χ2n) is 6.38. The third-order valence-electron chi connectivity index (χ3n) is 5.00. The number of hydrogen-bond acceptors (Lipinski definition) is 3. The minimum absolute atomic E-state index is 0.271. The lowest BCUT2D eigenvalue weighted by molar-refractivity contribution is -0.154. The summed E-state index contributed by atoms with van der Waals surface area (Å²) in [5.41, 5.74) is -1.96. The van der Waals surface area contributed by atoms with E-state index in [2.05, 4.69) is 12.2 Å². The first-order valence-electron chi connectivity index (χ1n) is 7.62. The molecule has 1 heterocycles. The van der Waals surface area contributed by atoms with Gasteiger partial charge in [0, 0.05) is 6.61 Å². The Kier molecular flexibility index (Phi) is 4.37. The van der Waals surface area contributed by atoms with Crippen LogP contribution in [0.15, 0.2) is 0 Å². The monoisotopic (exact) mass is 283 g/mol. The van der Waals surface area contributed by atoms with Crippen molar-refractivity contribution in [2.24, 2.45) is 5.92 Å². The molecule has 2 aliphatic rings. The van der Waals surface area contributed by atoms with Crippen LogP contribution in [-0.4, -0.2) is 34.7 Å². The number of carboxylic acids is 1. The normalized spacial score (nSPS) is 37.6. The van der Waals surface area contributed by atoms with Crippen molar-refractivity contribution in [3.8, 4) is 0 Å². The van der Waals surface area contributed by atoms with E-state index in [1.165, 1.54) is 0 Å². The molecule has 1 saturated heterocycles. The van der Waals surface area contributed by atoms with E-state index in [0.29, 0.717) is 31.8 Å². The molecule has 0 radical (unpaired) electrons. The molecule has 2 fully saturated rings. The Balaban J connectivity index is 2.06. The van der Waals surface area contributed by atoms with E-state index in [1.54, 1.807) is 6.92 Å². The molecule has 0 aromatic carbocycles. The molecule has 0 aromatic heterocycles. The first-order chi connectivity index (χ1) is 9.42. The van der Waals surface area contributed by atoms with Gasteiger partial charge in [-0.2, -0.15) is 0 Å². The van der Waals surface area contributed by atoms with Gasteiger partial charge in [0.25, 0.3) is 5.91 Å². The number of carboxylic acid groups (broad SMARTS) is 1. The molecule has 0 bridgehead atoms. The molecule has 1 amide bonds. The summed E-state index contributed by atoms with van der Waals surface area (Å²) in [5, 5.41) is 12.4. The number of amides is 1. The van der Waals surface area contributed by atoms with Gasteiger partial charge in [-0.05, 0) is 51.4 Å². The van der Waals surface area contributed by atoms with Gasteiger partial charge >= 0.3 is 5.97 Å². The Morgan fingerprint density at radius 1 is 1.30 bits per heavy atom. The van der Waals surface area contributed by atoms with E-state index in [9.17, 15) is 14.7 Å². The number of nitrogens with one attached hydrogen (secondary N) is 1. The summed E-state index contributed by atoms with van der Waals surface area (Å²) in [5.74, 6) is -0.605. The van der Waals surface area contributed by atoms with Gasteiger partial charge in [0.2, 0.25) is 0 Å². The molecule has 2 N–H and O–H groups in total. The Morgan fingerprint density at radius 2 is 1.95 bits per heavy atom. The Hall–Kier alpha value is -1.10. The number of carbonyl (C=O) groups excluding carboxylic acids is 1. The van der Waals surface area contributed by atoms with Crippen LogP contribution in [0.2, 0.25) is 0 Å². The second-order valence-corrected chi connectivity index (χ2v) is 6.38. The van der Waals surface area contributed by atoms with Crippen LogP contribution < -0.4 is 5.32 Å². The maximum absolute atomic E-state index is 12.4. The summed E-state index contributed by atoms with van der Waals surface area (Å²) in [6.07, 6.45) is 5.34. The summed E-state index contributed by atoms with van der Waals surface area (Å²) in [7, 11) is 0. The van der Waals surface area contributed by atoms with E-state index in [-0.39, 0.29) is 5.91 Å². The minimum atomic E-state index is -1.10. The van der Waals surface area contributed by atoms with Gasteiger partial charge in [0.15, 0.2) is 0 Å². The van der Waals surface area contributed by atoms with E-state index in [4.69, 9.17) is 4.74 Å². The Bertz CT molecular complexity index is 379. The third-order valence-corrected chi connectivity index (χ3v) is 5.00. The molecule has 1 atom stereocenters. The van der Waals surface area contributed by atoms with Gasteiger partial charge in [0.05, 0.1) is 0 Å². The lowest BCUT2D eigenvalue weighted by Gasteiger charge is -2.39. The standard InChI is InChI=1S/C15H25NO4/c1-3-11-5-8-15(9-6-11,13(18)19)16-12(17)14(2)7-4-10-20-14/h11H,3-10H2,1-2H3,(H,16,17)(H,18,19). The molecular formula is C15H25NO4. The van der Waals surface area contributed by atoms with Crippen LogP contribution in [0, 0.1) is 5.92 Å². The van der Waals surface area contributed by atoms with E-state index in [1.807, 2.05) is 0 Å². The largest absolute Gasteiger partial charge is 0.480 e. The van der Waals surface area contributed by atoms with Crippen LogP contribution in [0.25, 0.3) is 0 Å². The average Bonchev–Trinajstić information content (AvgIpc) is 2.87. The highest BCUT2D eigenvalue weighted by Gasteiger charge is 2.47. The molecule has 0 aromatic rings. The SMILES string of the molecule is CCC1CCC(NC(=O)C2(C)CCCO2)(C(=O)O)CC1. The number of aliphatic carboxylic acids is 1. The first kappa shape index (κ1) is 15.3. The molecular weight excluding hydrogens is 258 g/mol. The van der Waals surface area contributed by atoms with Crippen LogP contribution in [0.1, 0.15) is 58.8 Å². The van der Waals surface area contributed by atoms with Crippen LogP contribution in [-0.2, 0) is 14.3 Å². The maximum atomic E-state index is 12.4. The van der Waals surface area contributed by atoms with E-state index in [0.717, 1.165) is 25.7 Å². The van der Waals surface area contributed by atoms with Crippen LogP contribution in [0.5, 0.6) is 0 Å². The molecule has 0 spiro atoms. The van der Waals surface area contributed by atoms with Crippen molar-refractivity contribution in [1.29, 1.82) is 0 Å². The third kappa shape index (κ3) is 2.82. The zero-order chi connectivity index (χ0) is 14.8. The summed E-state index contributed by atoms with van der Waals surface area (Å²) < 4.78 is 5.51. The Morgan fingerprint density at radius 3 is 2.40 bits per heavy atom. The summed E-state index contributed by atoms with van der Waals surface area (Å²) in [4.78, 5) is 24.1. The lowest BCUT2D eigenvalue weighted by Crippen LogP contribution is -2.60. The topological polar surface area (TPSA) is 75.6 Å². The van der Waals surface area contributed by atoms with Crippen LogP contribution >= 0.6 is 0 Å². The zero-order valence-corrected chi connectivity index (χ0v) is 12.4. The minimum Gasteiger partial charge on any atom is -0.480 e. The molecule has 1 aliphatic heterocycles. The van der Waals surface area contributed by atoms with E-state index >= 15 is 0 Å². The van der Waals surface area contributed by atoms with Crippen molar-refractivity contribution in [2.75, 3.05) is 6.61 Å². The highest BCUT2D eigenvalue weighted by Crippen LogP contribution is 2.35. The highest BCUT2D eigenvalue weighted by atomic mass is 16.5. The predicted molar refractivity (Wildman–Crippen MR) is 74.3 cm³/mol. The van der Waals surface area contributed by atoms with E-state index < -0.39 is 17.1 Å². The van der Waals surface area contributed by atoms with Crippen molar-refractivity contribution in [1.82, 2.24) is 5.32 Å². The van der Waals surface area contributed by atoms with Gasteiger partial charge in [-0.3, -0.25) is 4.79 Å². The van der Waals surface area contributed by atoms with Crippen molar-refractivity contribution >= 4 is 11.9 Å². The molecule has 5 heteroatoms. The molecule has 1 aliphatic carbocycles.